The monoisotopic (exact) mass is 317 g/mol. The van der Waals surface area contributed by atoms with Crippen LogP contribution in [-0.4, -0.2) is 37.8 Å². The van der Waals surface area contributed by atoms with Crippen LogP contribution in [0.2, 0.25) is 5.15 Å². The summed E-state index contributed by atoms with van der Waals surface area (Å²) in [5.74, 6) is -0.866. The second-order valence-corrected chi connectivity index (χ2v) is 4.82. The molecule has 0 fully saturated rings. The number of hydrogen-bond acceptors (Lipinski definition) is 5. The molecule has 7 nitrogen and oxygen atoms in total. The second kappa shape index (κ2) is 5.66. The van der Waals surface area contributed by atoms with Crippen LogP contribution in [0.5, 0.6) is 5.88 Å². The van der Waals surface area contributed by atoms with Gasteiger partial charge < -0.3 is 14.8 Å². The number of rotatable bonds is 4. The lowest BCUT2D eigenvalue weighted by atomic mass is 9.79. The Morgan fingerprint density at radius 1 is 1.23 bits per heavy atom. The highest BCUT2D eigenvalue weighted by Crippen LogP contribution is 2.13. The van der Waals surface area contributed by atoms with Crippen LogP contribution >= 0.6 is 11.6 Å². The normalized spacial score (nSPS) is 10.6. The molecule has 9 heteroatoms. The van der Waals surface area contributed by atoms with Crippen molar-refractivity contribution in [3.05, 3.63) is 53.3 Å². The Kier molecular flexibility index (Phi) is 3.70. The minimum absolute atomic E-state index is 0.127. The van der Waals surface area contributed by atoms with Crippen molar-refractivity contribution in [1.82, 2.24) is 14.6 Å². The average Bonchev–Trinajstić information content (AvgIpc) is 2.88. The summed E-state index contributed by atoms with van der Waals surface area (Å²) < 4.78 is 6.75. The number of fused-ring (bicyclic) bond motifs is 1. The Bertz CT molecular complexity index is 837. The molecule has 0 aliphatic carbocycles. The molecule has 0 atom stereocenters. The van der Waals surface area contributed by atoms with Crippen molar-refractivity contribution in [2.75, 3.05) is 0 Å². The molecule has 2 heterocycles. The topological polar surface area (TPSA) is 97.0 Å². The van der Waals surface area contributed by atoms with E-state index in [0.29, 0.717) is 16.3 Å². The van der Waals surface area contributed by atoms with Crippen molar-refractivity contribution in [2.24, 2.45) is 0 Å². The first-order chi connectivity index (χ1) is 10.5. The first-order valence-electron chi connectivity index (χ1n) is 6.23. The van der Waals surface area contributed by atoms with Gasteiger partial charge in [-0.25, -0.2) is 9.31 Å². The van der Waals surface area contributed by atoms with Crippen molar-refractivity contribution in [3.8, 4) is 5.88 Å². The minimum atomic E-state index is -1.27. The molecular weight excluding hydrogens is 308 g/mol. The molecule has 0 spiro atoms. The highest BCUT2D eigenvalue weighted by atomic mass is 35.5. The Morgan fingerprint density at radius 3 is 2.64 bits per heavy atom. The summed E-state index contributed by atoms with van der Waals surface area (Å²) in [7, 11) is -1.27. The van der Waals surface area contributed by atoms with Crippen LogP contribution in [0.3, 0.4) is 0 Å². The van der Waals surface area contributed by atoms with E-state index in [1.165, 1.54) is 35.0 Å². The molecule has 22 heavy (non-hydrogen) atoms. The number of aromatic nitrogens is 3. The summed E-state index contributed by atoms with van der Waals surface area (Å²) in [6, 6.07) is 8.97. The fourth-order valence-corrected chi connectivity index (χ4v) is 2.01. The third kappa shape index (κ3) is 2.88. The smallest absolute Gasteiger partial charge is 0.517 e. The minimum Gasteiger partial charge on any atom is -0.517 e. The van der Waals surface area contributed by atoms with Gasteiger partial charge in [0, 0.05) is 0 Å². The first-order valence-corrected chi connectivity index (χ1v) is 6.60. The SMILES string of the molecule is O=C(O)c1ccc(B(O)Oc2cn3nc(Cl)ccc3n2)cc1. The number of nitrogens with zero attached hydrogens (tertiary/aromatic N) is 3. The molecule has 0 amide bonds. The zero-order valence-electron chi connectivity index (χ0n) is 11.0. The standard InChI is InChI=1S/C13H9BClN3O4/c15-10-5-6-11-16-12(7-18(11)17-10)22-14(21)9-3-1-8(2-4-9)13(19)20/h1-7,21H,(H,19,20). The van der Waals surface area contributed by atoms with E-state index in [4.69, 9.17) is 21.4 Å². The fourth-order valence-electron chi connectivity index (χ4n) is 1.87. The molecule has 0 aliphatic heterocycles. The van der Waals surface area contributed by atoms with Crippen LogP contribution in [0, 0.1) is 0 Å². The molecule has 0 bridgehead atoms. The molecule has 110 valence electrons. The van der Waals surface area contributed by atoms with Gasteiger partial charge in [-0.1, -0.05) is 23.7 Å². The lowest BCUT2D eigenvalue weighted by Gasteiger charge is -2.07. The van der Waals surface area contributed by atoms with E-state index in [-0.39, 0.29) is 11.4 Å². The Labute approximate surface area is 129 Å². The molecular formula is C13H9BClN3O4. The van der Waals surface area contributed by atoms with Gasteiger partial charge in [-0.2, -0.15) is 10.1 Å². The van der Waals surface area contributed by atoms with Gasteiger partial charge in [-0.3, -0.25) is 0 Å². The van der Waals surface area contributed by atoms with E-state index >= 15 is 0 Å². The number of halogens is 1. The van der Waals surface area contributed by atoms with Crippen LogP contribution in [-0.2, 0) is 0 Å². The van der Waals surface area contributed by atoms with Crippen molar-refractivity contribution in [1.29, 1.82) is 0 Å². The Morgan fingerprint density at radius 2 is 1.95 bits per heavy atom. The van der Waals surface area contributed by atoms with E-state index < -0.39 is 13.1 Å². The molecule has 2 N–H and O–H groups in total. The van der Waals surface area contributed by atoms with Crippen LogP contribution in [0.15, 0.2) is 42.6 Å². The van der Waals surface area contributed by atoms with Gasteiger partial charge in [0.15, 0.2) is 5.65 Å². The van der Waals surface area contributed by atoms with E-state index in [1.54, 1.807) is 12.1 Å². The summed E-state index contributed by atoms with van der Waals surface area (Å²) in [6.07, 6.45) is 1.48. The average molecular weight is 317 g/mol. The molecule has 0 saturated carbocycles. The summed E-state index contributed by atoms with van der Waals surface area (Å²) in [4.78, 5) is 14.9. The maximum absolute atomic E-state index is 10.8. The maximum Gasteiger partial charge on any atom is 0.561 e. The van der Waals surface area contributed by atoms with Crippen molar-refractivity contribution in [2.45, 2.75) is 0 Å². The highest BCUT2D eigenvalue weighted by molar-refractivity contribution is 6.60. The number of hydrogen-bond donors (Lipinski definition) is 2. The number of aromatic carboxylic acids is 1. The molecule has 3 aromatic rings. The molecule has 2 aromatic heterocycles. The van der Waals surface area contributed by atoms with E-state index in [1.807, 2.05) is 0 Å². The van der Waals surface area contributed by atoms with Crippen LogP contribution in [0.4, 0.5) is 0 Å². The van der Waals surface area contributed by atoms with Crippen molar-refractivity contribution in [3.63, 3.8) is 0 Å². The molecule has 3 rings (SSSR count). The van der Waals surface area contributed by atoms with Gasteiger partial charge in [-0.15, -0.1) is 0 Å². The molecule has 1 aromatic carbocycles. The summed E-state index contributed by atoms with van der Waals surface area (Å²) >= 11 is 5.77. The molecule has 0 radical (unpaired) electrons. The van der Waals surface area contributed by atoms with Crippen LogP contribution in [0.25, 0.3) is 5.65 Å². The van der Waals surface area contributed by atoms with E-state index in [2.05, 4.69) is 10.1 Å². The zero-order chi connectivity index (χ0) is 15.7. The summed E-state index contributed by atoms with van der Waals surface area (Å²) in [5.41, 5.74) is 1.06. The number of imidazole rings is 1. The lowest BCUT2D eigenvalue weighted by molar-refractivity contribution is 0.0697. The zero-order valence-corrected chi connectivity index (χ0v) is 11.8. The van der Waals surface area contributed by atoms with Crippen LogP contribution in [0.1, 0.15) is 10.4 Å². The van der Waals surface area contributed by atoms with Crippen molar-refractivity contribution >= 4 is 35.8 Å². The Hall–Kier alpha value is -2.58. The van der Waals surface area contributed by atoms with E-state index in [0.717, 1.165) is 0 Å². The summed E-state index contributed by atoms with van der Waals surface area (Å²) in [5, 5.41) is 23.2. The lowest BCUT2D eigenvalue weighted by Crippen LogP contribution is -2.36. The van der Waals surface area contributed by atoms with Gasteiger partial charge in [0.05, 0.1) is 11.8 Å². The van der Waals surface area contributed by atoms with Gasteiger partial charge in [0.1, 0.15) is 5.15 Å². The van der Waals surface area contributed by atoms with Gasteiger partial charge in [-0.05, 0) is 29.7 Å². The third-order valence-electron chi connectivity index (χ3n) is 2.94. The predicted octanol–water partition coefficient (Wildman–Crippen LogP) is 0.847. The van der Waals surface area contributed by atoms with Gasteiger partial charge in [0.2, 0.25) is 5.88 Å². The quantitative estimate of drug-likeness (QED) is 0.692. The molecule has 0 aliphatic rings. The highest BCUT2D eigenvalue weighted by Gasteiger charge is 2.20. The predicted molar refractivity (Wildman–Crippen MR) is 79.6 cm³/mol. The number of carboxylic acids is 1. The van der Waals surface area contributed by atoms with Crippen LogP contribution < -0.4 is 10.1 Å². The number of carbonyl (C=O) groups is 1. The number of benzene rings is 1. The third-order valence-corrected chi connectivity index (χ3v) is 3.14. The molecule has 0 saturated heterocycles. The second-order valence-electron chi connectivity index (χ2n) is 4.44. The van der Waals surface area contributed by atoms with Gasteiger partial charge in [0.25, 0.3) is 0 Å². The van der Waals surface area contributed by atoms with Gasteiger partial charge >= 0.3 is 13.1 Å². The first kappa shape index (κ1) is 14.4. The Balaban J connectivity index is 1.79. The van der Waals surface area contributed by atoms with Crippen molar-refractivity contribution < 1.29 is 19.6 Å². The summed E-state index contributed by atoms with van der Waals surface area (Å²) in [6.45, 7) is 0. The maximum atomic E-state index is 10.8. The van der Waals surface area contributed by atoms with E-state index in [9.17, 15) is 9.82 Å². The largest absolute Gasteiger partial charge is 0.561 e. The molecule has 0 unspecified atom stereocenters. The fraction of sp³-hybridized carbons (Fsp3) is 0. The number of carboxylic acid groups (broad SMARTS) is 1.